The molecule has 19 heavy (non-hydrogen) atoms. The third kappa shape index (κ3) is 3.24. The van der Waals surface area contributed by atoms with Gasteiger partial charge in [0.1, 0.15) is 10.6 Å². The Balaban J connectivity index is 2.15. The quantitative estimate of drug-likeness (QED) is 0.794. The lowest BCUT2D eigenvalue weighted by atomic mass is 10.2. The first-order valence-electron chi connectivity index (χ1n) is 5.59. The second kappa shape index (κ2) is 6.04. The first-order valence-corrected chi connectivity index (χ1v) is 6.79. The number of carbonyl (C=O) groups excluding carboxylic acids is 1. The number of ether oxygens (including phenoxy) is 1. The maximum atomic E-state index is 10.8. The molecule has 0 aliphatic heterocycles. The van der Waals surface area contributed by atoms with Crippen LogP contribution >= 0.6 is 22.9 Å². The lowest BCUT2D eigenvalue weighted by molar-refractivity contribution is 0.112. The molecule has 2 rings (SSSR count). The molecule has 0 unspecified atom stereocenters. The predicted octanol–water partition coefficient (Wildman–Crippen LogP) is 3.25. The van der Waals surface area contributed by atoms with Crippen LogP contribution in [-0.2, 0) is 6.54 Å². The maximum absolute atomic E-state index is 10.8. The molecule has 0 aliphatic rings. The van der Waals surface area contributed by atoms with E-state index in [2.05, 4.69) is 4.98 Å². The van der Waals surface area contributed by atoms with Crippen molar-refractivity contribution < 1.29 is 9.53 Å². The molecule has 0 saturated heterocycles. The smallest absolute Gasteiger partial charge is 0.187 e. The number of anilines is 1. The van der Waals surface area contributed by atoms with E-state index in [1.807, 2.05) is 36.2 Å². The molecule has 1 heterocycles. The number of halogens is 1. The summed E-state index contributed by atoms with van der Waals surface area (Å²) in [6, 6.07) is 7.81. The van der Waals surface area contributed by atoms with E-state index < -0.39 is 0 Å². The summed E-state index contributed by atoms with van der Waals surface area (Å²) >= 11 is 7.14. The zero-order valence-electron chi connectivity index (χ0n) is 10.6. The van der Waals surface area contributed by atoms with Gasteiger partial charge in [-0.05, 0) is 17.7 Å². The number of benzene rings is 1. The topological polar surface area (TPSA) is 42.4 Å². The van der Waals surface area contributed by atoms with Crippen molar-refractivity contribution >= 4 is 34.4 Å². The van der Waals surface area contributed by atoms with E-state index in [1.54, 1.807) is 7.11 Å². The van der Waals surface area contributed by atoms with Crippen LogP contribution in [0.15, 0.2) is 24.3 Å². The van der Waals surface area contributed by atoms with Gasteiger partial charge in [0, 0.05) is 13.6 Å². The fourth-order valence-electron chi connectivity index (χ4n) is 1.65. The van der Waals surface area contributed by atoms with Crippen LogP contribution in [0.3, 0.4) is 0 Å². The van der Waals surface area contributed by atoms with Crippen molar-refractivity contribution in [3.63, 3.8) is 0 Å². The molecular formula is C13H13ClN2O2S. The van der Waals surface area contributed by atoms with Gasteiger partial charge in [0.15, 0.2) is 16.6 Å². The molecule has 0 amide bonds. The van der Waals surface area contributed by atoms with Gasteiger partial charge in [-0.25, -0.2) is 4.98 Å². The van der Waals surface area contributed by atoms with E-state index in [-0.39, 0.29) is 5.15 Å². The van der Waals surface area contributed by atoms with Crippen molar-refractivity contribution in [1.29, 1.82) is 0 Å². The van der Waals surface area contributed by atoms with Crippen LogP contribution in [-0.4, -0.2) is 25.4 Å². The van der Waals surface area contributed by atoms with Gasteiger partial charge in [-0.2, -0.15) is 0 Å². The third-order valence-electron chi connectivity index (χ3n) is 2.59. The Hall–Kier alpha value is -1.59. The summed E-state index contributed by atoms with van der Waals surface area (Å²) in [5, 5.41) is 0.974. The number of carbonyl (C=O) groups is 1. The second-order valence-corrected chi connectivity index (χ2v) is 5.34. The highest BCUT2D eigenvalue weighted by molar-refractivity contribution is 7.17. The summed E-state index contributed by atoms with van der Waals surface area (Å²) in [4.78, 5) is 17.3. The number of methoxy groups -OCH3 is 1. The zero-order valence-corrected chi connectivity index (χ0v) is 12.2. The number of aromatic nitrogens is 1. The molecule has 1 aromatic heterocycles. The highest BCUT2D eigenvalue weighted by Gasteiger charge is 2.12. The molecule has 1 aromatic carbocycles. The maximum Gasteiger partial charge on any atom is 0.187 e. The summed E-state index contributed by atoms with van der Waals surface area (Å²) in [5.41, 5.74) is 1.10. The average molecular weight is 297 g/mol. The average Bonchev–Trinajstić information content (AvgIpc) is 2.80. The molecule has 0 bridgehead atoms. The molecule has 2 aromatic rings. The number of aldehydes is 1. The molecular weight excluding hydrogens is 284 g/mol. The van der Waals surface area contributed by atoms with Gasteiger partial charge in [-0.1, -0.05) is 35.1 Å². The van der Waals surface area contributed by atoms with Gasteiger partial charge in [0.25, 0.3) is 0 Å². The molecule has 0 radical (unpaired) electrons. The molecule has 0 atom stereocenters. The highest BCUT2D eigenvalue weighted by atomic mass is 35.5. The van der Waals surface area contributed by atoms with E-state index in [4.69, 9.17) is 16.3 Å². The second-order valence-electron chi connectivity index (χ2n) is 3.98. The summed E-state index contributed by atoms with van der Waals surface area (Å²) in [6.45, 7) is 0.666. The van der Waals surface area contributed by atoms with Gasteiger partial charge in [-0.15, -0.1) is 0 Å². The first-order chi connectivity index (χ1) is 9.13. The van der Waals surface area contributed by atoms with Crippen LogP contribution in [0.2, 0.25) is 5.15 Å². The Kier molecular flexibility index (Phi) is 4.39. The van der Waals surface area contributed by atoms with E-state index in [0.29, 0.717) is 11.4 Å². The number of thiazole rings is 1. The van der Waals surface area contributed by atoms with E-state index in [0.717, 1.165) is 22.7 Å². The minimum absolute atomic E-state index is 0.257. The van der Waals surface area contributed by atoms with Crippen LogP contribution in [0.1, 0.15) is 15.2 Å². The molecule has 4 nitrogen and oxygen atoms in total. The Labute approximate surface area is 120 Å². The number of rotatable bonds is 5. The lowest BCUT2D eigenvalue weighted by Crippen LogP contribution is -2.15. The summed E-state index contributed by atoms with van der Waals surface area (Å²) < 4.78 is 5.18. The van der Waals surface area contributed by atoms with Crippen LogP contribution in [0.25, 0.3) is 0 Å². The van der Waals surface area contributed by atoms with Crippen LogP contribution in [0.5, 0.6) is 5.75 Å². The number of nitrogens with zero attached hydrogens (tertiary/aromatic N) is 2. The molecule has 0 spiro atoms. The lowest BCUT2D eigenvalue weighted by Gasteiger charge is -2.16. The monoisotopic (exact) mass is 296 g/mol. The SMILES string of the molecule is COc1cccc(CN(C)c2nc(Cl)c(C=O)s2)c1. The Morgan fingerprint density at radius 1 is 1.53 bits per heavy atom. The predicted molar refractivity (Wildman–Crippen MR) is 77.6 cm³/mol. The zero-order chi connectivity index (χ0) is 13.8. The van der Waals surface area contributed by atoms with Gasteiger partial charge in [0.05, 0.1) is 7.11 Å². The number of hydrogen-bond donors (Lipinski definition) is 0. The van der Waals surface area contributed by atoms with Crippen LogP contribution < -0.4 is 9.64 Å². The Bertz CT molecular complexity index is 586. The van der Waals surface area contributed by atoms with E-state index >= 15 is 0 Å². The van der Waals surface area contributed by atoms with Gasteiger partial charge in [0.2, 0.25) is 0 Å². The first kappa shape index (κ1) is 13.8. The standard InChI is InChI=1S/C13H13ClN2O2S/c1-16(13-15-12(14)11(8-17)19-13)7-9-4-3-5-10(6-9)18-2/h3-6,8H,7H2,1-2H3. The van der Waals surface area contributed by atoms with E-state index in [9.17, 15) is 4.79 Å². The number of hydrogen-bond acceptors (Lipinski definition) is 5. The summed E-state index contributed by atoms with van der Waals surface area (Å²) in [6.07, 6.45) is 0.725. The van der Waals surface area contributed by atoms with Crippen molar-refractivity contribution in [2.45, 2.75) is 6.54 Å². The summed E-state index contributed by atoms with van der Waals surface area (Å²) in [5.74, 6) is 0.816. The van der Waals surface area contributed by atoms with E-state index in [1.165, 1.54) is 11.3 Å². The molecule has 0 aliphatic carbocycles. The molecule has 6 heteroatoms. The van der Waals surface area contributed by atoms with Gasteiger partial charge in [-0.3, -0.25) is 4.79 Å². The summed E-state index contributed by atoms with van der Waals surface area (Å²) in [7, 11) is 3.54. The van der Waals surface area contributed by atoms with Crippen molar-refractivity contribution in [3.05, 3.63) is 39.9 Å². The third-order valence-corrected chi connectivity index (χ3v) is 4.08. The van der Waals surface area contributed by atoms with Crippen molar-refractivity contribution in [2.75, 3.05) is 19.1 Å². The molecule has 0 N–H and O–H groups in total. The Morgan fingerprint density at radius 2 is 2.32 bits per heavy atom. The van der Waals surface area contributed by atoms with Crippen LogP contribution in [0, 0.1) is 0 Å². The highest BCUT2D eigenvalue weighted by Crippen LogP contribution is 2.28. The fourth-order valence-corrected chi connectivity index (χ4v) is 2.67. The molecule has 100 valence electrons. The normalized spacial score (nSPS) is 10.3. The fraction of sp³-hybridized carbons (Fsp3) is 0.231. The van der Waals surface area contributed by atoms with Gasteiger partial charge >= 0.3 is 0 Å². The largest absolute Gasteiger partial charge is 0.497 e. The van der Waals surface area contributed by atoms with Crippen molar-refractivity contribution in [2.24, 2.45) is 0 Å². The minimum Gasteiger partial charge on any atom is -0.497 e. The Morgan fingerprint density at radius 3 is 2.95 bits per heavy atom. The van der Waals surface area contributed by atoms with Crippen LogP contribution in [0.4, 0.5) is 5.13 Å². The molecule has 0 fully saturated rings. The van der Waals surface area contributed by atoms with Gasteiger partial charge < -0.3 is 9.64 Å². The van der Waals surface area contributed by atoms with Crippen molar-refractivity contribution in [3.8, 4) is 5.75 Å². The van der Waals surface area contributed by atoms with Crippen molar-refractivity contribution in [1.82, 2.24) is 4.98 Å². The minimum atomic E-state index is 0.257. The molecule has 0 saturated carbocycles.